The number of alkyl halides is 6. The van der Waals surface area contributed by atoms with Crippen LogP contribution >= 0.6 is 11.3 Å². The average molecular weight is 485 g/mol. The molecule has 1 fully saturated rings. The van der Waals surface area contributed by atoms with Gasteiger partial charge in [-0.15, -0.1) is 11.3 Å². The molecule has 0 aliphatic carbocycles. The van der Waals surface area contributed by atoms with E-state index in [1.54, 1.807) is 6.92 Å². The van der Waals surface area contributed by atoms with E-state index in [1.807, 2.05) is 0 Å². The number of amides is 2. The lowest BCUT2D eigenvalue weighted by Crippen LogP contribution is -2.59. The number of likely N-dealkylation sites (tertiary alicyclic amines) is 1. The van der Waals surface area contributed by atoms with Gasteiger partial charge in [-0.2, -0.15) is 26.3 Å². The summed E-state index contributed by atoms with van der Waals surface area (Å²) < 4.78 is 86.4. The molecule has 0 unspecified atom stereocenters. The lowest BCUT2D eigenvalue weighted by Gasteiger charge is -2.46. The van der Waals surface area contributed by atoms with E-state index in [-0.39, 0.29) is 41.4 Å². The standard InChI is InChI=1S/C18H17F6N3O4S/c1-16(5-27(6-16)15(29)31-8-17(19,20)21)7-30-11-3-10(18(22,23)24)13-12(26-11)9(4-32-13)14(28)25-2/h3-4H,5-8H2,1-2H3,(H,25,28). The summed E-state index contributed by atoms with van der Waals surface area (Å²) in [4.78, 5) is 28.7. The summed E-state index contributed by atoms with van der Waals surface area (Å²) in [6, 6.07) is 0.726. The van der Waals surface area contributed by atoms with Crippen molar-refractivity contribution in [2.75, 3.05) is 33.4 Å². The van der Waals surface area contributed by atoms with Gasteiger partial charge in [0.15, 0.2) is 6.61 Å². The lowest BCUT2D eigenvalue weighted by atomic mass is 9.83. The molecule has 2 aromatic rings. The third-order valence-electron chi connectivity index (χ3n) is 4.61. The first-order valence-corrected chi connectivity index (χ1v) is 9.93. The first-order chi connectivity index (χ1) is 14.7. The molecule has 0 atom stereocenters. The number of nitrogens with one attached hydrogen (secondary N) is 1. The van der Waals surface area contributed by atoms with E-state index in [0.29, 0.717) is 0 Å². The number of hydrogen-bond acceptors (Lipinski definition) is 6. The molecule has 7 nitrogen and oxygen atoms in total. The fourth-order valence-electron chi connectivity index (χ4n) is 3.14. The molecule has 176 valence electrons. The summed E-state index contributed by atoms with van der Waals surface area (Å²) in [7, 11) is 1.33. The number of aromatic nitrogens is 1. The van der Waals surface area contributed by atoms with E-state index < -0.39 is 41.9 Å². The van der Waals surface area contributed by atoms with Crippen molar-refractivity contribution in [2.24, 2.45) is 5.41 Å². The van der Waals surface area contributed by atoms with Gasteiger partial charge in [0.25, 0.3) is 5.91 Å². The molecule has 0 radical (unpaired) electrons. The van der Waals surface area contributed by atoms with Gasteiger partial charge in [0.2, 0.25) is 5.88 Å². The molecule has 3 rings (SSSR count). The van der Waals surface area contributed by atoms with E-state index in [0.717, 1.165) is 22.3 Å². The topological polar surface area (TPSA) is 80.8 Å². The number of hydrogen-bond donors (Lipinski definition) is 1. The van der Waals surface area contributed by atoms with Gasteiger partial charge in [0, 0.05) is 37.0 Å². The maximum atomic E-state index is 13.5. The number of carbonyl (C=O) groups is 2. The zero-order chi connectivity index (χ0) is 23.9. The van der Waals surface area contributed by atoms with E-state index in [2.05, 4.69) is 15.0 Å². The zero-order valence-corrected chi connectivity index (χ0v) is 17.5. The Morgan fingerprint density at radius 2 is 1.91 bits per heavy atom. The molecular formula is C18H17F6N3O4S. The summed E-state index contributed by atoms with van der Waals surface area (Å²) in [5, 5.41) is 3.60. The van der Waals surface area contributed by atoms with E-state index in [1.165, 1.54) is 12.4 Å². The maximum Gasteiger partial charge on any atom is 0.422 e. The Morgan fingerprint density at radius 3 is 2.47 bits per heavy atom. The van der Waals surface area contributed by atoms with E-state index in [9.17, 15) is 35.9 Å². The predicted octanol–water partition coefficient (Wildman–Crippen LogP) is 4.07. The minimum atomic E-state index is -4.72. The van der Waals surface area contributed by atoms with Gasteiger partial charge in [-0.3, -0.25) is 4.79 Å². The van der Waals surface area contributed by atoms with Gasteiger partial charge in [-0.05, 0) is 0 Å². The van der Waals surface area contributed by atoms with Gasteiger partial charge in [-0.1, -0.05) is 6.92 Å². The third-order valence-corrected chi connectivity index (χ3v) is 5.61. The Morgan fingerprint density at radius 1 is 1.25 bits per heavy atom. The van der Waals surface area contributed by atoms with Crippen molar-refractivity contribution in [3.8, 4) is 5.88 Å². The summed E-state index contributed by atoms with van der Waals surface area (Å²) >= 11 is 0.732. The number of nitrogens with zero attached hydrogens (tertiary/aromatic N) is 2. The van der Waals surface area contributed by atoms with Crippen molar-refractivity contribution in [3.05, 3.63) is 22.6 Å². The minimum absolute atomic E-state index is 0.0139. The number of halogens is 6. The Kier molecular flexibility index (Phi) is 6.19. The first kappa shape index (κ1) is 23.9. The van der Waals surface area contributed by atoms with Crippen molar-refractivity contribution in [2.45, 2.75) is 19.3 Å². The number of rotatable bonds is 5. The Hall–Kier alpha value is -2.77. The van der Waals surface area contributed by atoms with Gasteiger partial charge in [-0.25, -0.2) is 9.78 Å². The summed E-state index contributed by atoms with van der Waals surface area (Å²) in [6.45, 7) is -0.260. The molecule has 1 N–H and O–H groups in total. The van der Waals surface area contributed by atoms with Crippen LogP contribution in [0.15, 0.2) is 11.4 Å². The van der Waals surface area contributed by atoms with Gasteiger partial charge < -0.3 is 19.7 Å². The van der Waals surface area contributed by atoms with Crippen molar-refractivity contribution >= 4 is 33.6 Å². The van der Waals surface area contributed by atoms with Crippen LogP contribution in [0.4, 0.5) is 31.1 Å². The van der Waals surface area contributed by atoms with Crippen LogP contribution < -0.4 is 10.1 Å². The van der Waals surface area contributed by atoms with Crippen LogP contribution in [0.3, 0.4) is 0 Å². The lowest BCUT2D eigenvalue weighted by molar-refractivity contribution is -0.165. The van der Waals surface area contributed by atoms with Crippen molar-refractivity contribution in [1.29, 1.82) is 0 Å². The summed E-state index contributed by atoms with van der Waals surface area (Å²) in [6.07, 6.45) is -10.5. The van der Waals surface area contributed by atoms with Crippen LogP contribution in [0, 0.1) is 5.41 Å². The van der Waals surface area contributed by atoms with Crippen molar-refractivity contribution < 1.29 is 45.4 Å². The highest BCUT2D eigenvalue weighted by molar-refractivity contribution is 7.17. The molecule has 1 aliphatic heterocycles. The van der Waals surface area contributed by atoms with Gasteiger partial charge in [0.05, 0.1) is 28.0 Å². The van der Waals surface area contributed by atoms with Crippen LogP contribution in [0.5, 0.6) is 5.88 Å². The van der Waals surface area contributed by atoms with Crippen LogP contribution in [0.1, 0.15) is 22.8 Å². The molecule has 0 bridgehead atoms. The van der Waals surface area contributed by atoms with Gasteiger partial charge in [0.1, 0.15) is 0 Å². The third kappa shape index (κ3) is 5.16. The first-order valence-electron chi connectivity index (χ1n) is 9.05. The van der Waals surface area contributed by atoms with E-state index in [4.69, 9.17) is 4.74 Å². The Bertz CT molecular complexity index is 1030. The number of fused-ring (bicyclic) bond motifs is 1. The second-order valence-electron chi connectivity index (χ2n) is 7.54. The fourth-order valence-corrected chi connectivity index (χ4v) is 4.17. The number of ether oxygens (including phenoxy) is 2. The smallest absolute Gasteiger partial charge is 0.422 e. The normalized spacial score (nSPS) is 15.9. The zero-order valence-electron chi connectivity index (χ0n) is 16.7. The van der Waals surface area contributed by atoms with Crippen molar-refractivity contribution in [3.63, 3.8) is 0 Å². The minimum Gasteiger partial charge on any atom is -0.477 e. The van der Waals surface area contributed by atoms with Crippen molar-refractivity contribution in [1.82, 2.24) is 15.2 Å². The molecule has 1 aliphatic rings. The number of carbonyl (C=O) groups excluding carboxylic acids is 2. The molecule has 0 aromatic carbocycles. The second kappa shape index (κ2) is 8.30. The molecule has 2 amide bonds. The molecule has 2 aromatic heterocycles. The quantitative estimate of drug-likeness (QED) is 0.646. The predicted molar refractivity (Wildman–Crippen MR) is 101 cm³/mol. The molecule has 0 saturated carbocycles. The van der Waals surface area contributed by atoms with E-state index >= 15 is 0 Å². The molecule has 0 spiro atoms. The fraction of sp³-hybridized carbons (Fsp3) is 0.500. The number of thiophene rings is 1. The Labute approximate surface area is 181 Å². The molecular weight excluding hydrogens is 468 g/mol. The van der Waals surface area contributed by atoms with Crippen LogP contribution in [0.2, 0.25) is 0 Å². The highest BCUT2D eigenvalue weighted by atomic mass is 32.1. The van der Waals surface area contributed by atoms with Crippen LogP contribution in [-0.4, -0.2) is 61.4 Å². The monoisotopic (exact) mass is 485 g/mol. The molecule has 1 saturated heterocycles. The highest BCUT2D eigenvalue weighted by Gasteiger charge is 2.44. The molecule has 32 heavy (non-hydrogen) atoms. The summed E-state index contributed by atoms with van der Waals surface area (Å²) in [5.74, 6) is -0.972. The largest absolute Gasteiger partial charge is 0.477 e. The van der Waals surface area contributed by atoms with Gasteiger partial charge >= 0.3 is 18.4 Å². The summed E-state index contributed by atoms with van der Waals surface area (Å²) in [5.41, 5.74) is -1.93. The average Bonchev–Trinajstić information content (AvgIpc) is 3.09. The highest BCUT2D eigenvalue weighted by Crippen LogP contribution is 2.40. The number of pyridine rings is 1. The maximum absolute atomic E-state index is 13.5. The Balaban J connectivity index is 1.73. The van der Waals surface area contributed by atoms with Crippen LogP contribution in [0.25, 0.3) is 10.2 Å². The SMILES string of the molecule is CNC(=O)c1csc2c(C(F)(F)F)cc(OCC3(C)CN(C(=O)OCC(F)(F)F)C3)nc12. The molecule has 3 heterocycles. The van der Waals surface area contributed by atoms with Crippen LogP contribution in [-0.2, 0) is 10.9 Å². The molecule has 14 heteroatoms. The second-order valence-corrected chi connectivity index (χ2v) is 8.42.